The lowest BCUT2D eigenvalue weighted by Gasteiger charge is -2.16. The van der Waals surface area contributed by atoms with Gasteiger partial charge in [-0.15, -0.1) is 5.10 Å². The van der Waals surface area contributed by atoms with Crippen LogP contribution in [-0.4, -0.2) is 34.1 Å². The third-order valence-corrected chi connectivity index (χ3v) is 6.02. The molecule has 0 fully saturated rings. The maximum Gasteiger partial charge on any atom is 0.355 e. The molecule has 0 radical (unpaired) electrons. The molecule has 3 heterocycles. The van der Waals surface area contributed by atoms with E-state index in [0.29, 0.717) is 27.7 Å². The standard InChI is InChI=1S/C23H16ClF3N8O3/c1-33-18-8-16(13(24)7-17(18)31-32-33)29-21-30-22(37)35(10-12-3-2-4-28-20(12)36)23(38)34(21)9-11-5-14(25)19(27)15(26)6-11/h2-8H,9-10H2,1H3,(H,28,36)(H,29,30,37). The first-order valence-electron chi connectivity index (χ1n) is 10.9. The van der Waals surface area contributed by atoms with Gasteiger partial charge in [-0.2, -0.15) is 4.98 Å². The van der Waals surface area contributed by atoms with Gasteiger partial charge in [0, 0.05) is 18.8 Å². The molecule has 0 saturated heterocycles. The van der Waals surface area contributed by atoms with Crippen LogP contribution >= 0.6 is 11.6 Å². The second-order valence-electron chi connectivity index (χ2n) is 8.23. The van der Waals surface area contributed by atoms with Gasteiger partial charge in [-0.3, -0.25) is 9.36 Å². The lowest BCUT2D eigenvalue weighted by molar-refractivity contribution is 0.444. The van der Waals surface area contributed by atoms with Gasteiger partial charge in [-0.05, 0) is 35.9 Å². The Kier molecular flexibility index (Phi) is 6.32. The highest BCUT2D eigenvalue weighted by Crippen LogP contribution is 2.29. The van der Waals surface area contributed by atoms with Crippen molar-refractivity contribution in [2.75, 3.05) is 5.32 Å². The number of aromatic nitrogens is 7. The monoisotopic (exact) mass is 544 g/mol. The molecule has 2 aromatic carbocycles. The topological polar surface area (TPSA) is 132 Å². The number of hydrogen-bond acceptors (Lipinski definition) is 7. The number of aromatic amines is 1. The number of nitrogens with one attached hydrogen (secondary N) is 2. The van der Waals surface area contributed by atoms with Gasteiger partial charge in [0.15, 0.2) is 17.5 Å². The Morgan fingerprint density at radius 3 is 2.47 bits per heavy atom. The van der Waals surface area contributed by atoms with E-state index in [4.69, 9.17) is 11.6 Å². The zero-order valence-corrected chi connectivity index (χ0v) is 20.1. The van der Waals surface area contributed by atoms with Crippen LogP contribution in [0.2, 0.25) is 5.02 Å². The zero-order chi connectivity index (χ0) is 27.1. The van der Waals surface area contributed by atoms with Gasteiger partial charge in [0.25, 0.3) is 5.56 Å². The summed E-state index contributed by atoms with van der Waals surface area (Å²) in [5.41, 5.74) is -1.27. The van der Waals surface area contributed by atoms with Gasteiger partial charge < -0.3 is 10.3 Å². The molecule has 5 aromatic rings. The van der Waals surface area contributed by atoms with E-state index in [2.05, 4.69) is 25.6 Å². The first kappa shape index (κ1) is 25.0. The number of hydrogen-bond donors (Lipinski definition) is 2. The molecule has 194 valence electrons. The van der Waals surface area contributed by atoms with Crippen LogP contribution in [0.25, 0.3) is 11.0 Å². The smallest absolute Gasteiger partial charge is 0.329 e. The zero-order valence-electron chi connectivity index (χ0n) is 19.4. The van der Waals surface area contributed by atoms with Gasteiger partial charge in [-0.25, -0.2) is 32.0 Å². The van der Waals surface area contributed by atoms with Gasteiger partial charge >= 0.3 is 11.4 Å². The summed E-state index contributed by atoms with van der Waals surface area (Å²) in [4.78, 5) is 44.9. The number of H-pyrrole nitrogens is 1. The van der Waals surface area contributed by atoms with Crippen molar-refractivity contribution in [2.24, 2.45) is 7.05 Å². The van der Waals surface area contributed by atoms with Crippen LogP contribution in [0.4, 0.5) is 24.8 Å². The maximum atomic E-state index is 13.9. The molecular weight excluding hydrogens is 529 g/mol. The summed E-state index contributed by atoms with van der Waals surface area (Å²) in [5, 5.41) is 10.8. The van der Waals surface area contributed by atoms with E-state index < -0.39 is 47.5 Å². The predicted octanol–water partition coefficient (Wildman–Crippen LogP) is 2.29. The molecular formula is C23H16ClF3N8O3. The highest BCUT2D eigenvalue weighted by Gasteiger charge is 2.19. The average Bonchev–Trinajstić information content (AvgIpc) is 3.23. The van der Waals surface area contributed by atoms with Crippen LogP contribution in [-0.2, 0) is 20.1 Å². The molecule has 15 heteroatoms. The fourth-order valence-corrected chi connectivity index (χ4v) is 4.01. The van der Waals surface area contributed by atoms with Crippen LogP contribution in [0.15, 0.2) is 57.0 Å². The molecule has 0 saturated carbocycles. The molecule has 2 N–H and O–H groups in total. The Labute approximate surface area is 214 Å². The maximum absolute atomic E-state index is 13.9. The van der Waals surface area contributed by atoms with Crippen molar-refractivity contribution < 1.29 is 13.2 Å². The number of halogens is 4. The van der Waals surface area contributed by atoms with E-state index in [1.165, 1.54) is 29.1 Å². The number of anilines is 2. The van der Waals surface area contributed by atoms with E-state index in [-0.39, 0.29) is 27.8 Å². The molecule has 3 aromatic heterocycles. The Bertz CT molecular complexity index is 1870. The number of benzene rings is 2. The molecule has 0 aliphatic heterocycles. The number of rotatable bonds is 6. The van der Waals surface area contributed by atoms with Gasteiger partial charge in [-0.1, -0.05) is 22.9 Å². The molecule has 0 aliphatic carbocycles. The summed E-state index contributed by atoms with van der Waals surface area (Å²) in [5.74, 6) is -4.91. The first-order valence-corrected chi connectivity index (χ1v) is 11.3. The minimum atomic E-state index is -1.67. The molecule has 0 atom stereocenters. The van der Waals surface area contributed by atoms with E-state index in [9.17, 15) is 27.6 Å². The minimum Gasteiger partial charge on any atom is -0.329 e. The summed E-state index contributed by atoms with van der Waals surface area (Å²) < 4.78 is 44.4. The third-order valence-electron chi connectivity index (χ3n) is 5.71. The molecule has 0 bridgehead atoms. The molecule has 11 nitrogen and oxygen atoms in total. The Morgan fingerprint density at radius 1 is 1.03 bits per heavy atom. The van der Waals surface area contributed by atoms with Crippen molar-refractivity contribution in [3.05, 3.63) is 108 Å². The average molecular weight is 545 g/mol. The number of aryl methyl sites for hydroxylation is 1. The fourth-order valence-electron chi connectivity index (χ4n) is 3.81. The Hall–Kier alpha value is -4.72. The molecule has 0 aliphatic rings. The largest absolute Gasteiger partial charge is 0.355 e. The van der Waals surface area contributed by atoms with Gasteiger partial charge in [0.05, 0.1) is 29.3 Å². The highest BCUT2D eigenvalue weighted by molar-refractivity contribution is 6.34. The van der Waals surface area contributed by atoms with Crippen LogP contribution in [0.1, 0.15) is 11.1 Å². The van der Waals surface area contributed by atoms with Gasteiger partial charge in [0.1, 0.15) is 5.52 Å². The quantitative estimate of drug-likeness (QED) is 0.313. The van der Waals surface area contributed by atoms with E-state index in [1.54, 1.807) is 13.1 Å². The molecule has 0 amide bonds. The van der Waals surface area contributed by atoms with E-state index >= 15 is 0 Å². The SMILES string of the molecule is Cn1nnc2cc(Cl)c(Nc3nc(=O)n(Cc4ccc[nH]c4=O)c(=O)n3Cc3cc(F)c(F)c(F)c3)cc21. The van der Waals surface area contributed by atoms with Crippen molar-refractivity contribution in [3.63, 3.8) is 0 Å². The normalized spacial score (nSPS) is 11.3. The summed E-state index contributed by atoms with van der Waals surface area (Å²) in [6, 6.07) is 7.42. The van der Waals surface area contributed by atoms with Crippen molar-refractivity contribution >= 4 is 34.3 Å². The van der Waals surface area contributed by atoms with Crippen LogP contribution < -0.4 is 22.3 Å². The van der Waals surface area contributed by atoms with Crippen molar-refractivity contribution in [3.8, 4) is 0 Å². The Balaban J connectivity index is 1.66. The second kappa shape index (κ2) is 9.63. The molecule has 0 spiro atoms. The Morgan fingerprint density at radius 2 is 1.76 bits per heavy atom. The second-order valence-corrected chi connectivity index (χ2v) is 8.64. The minimum absolute atomic E-state index is 0.0943. The summed E-state index contributed by atoms with van der Waals surface area (Å²) in [7, 11) is 1.64. The molecule has 38 heavy (non-hydrogen) atoms. The number of pyridine rings is 1. The number of fused-ring (bicyclic) bond motifs is 1. The van der Waals surface area contributed by atoms with E-state index in [0.717, 1.165) is 4.57 Å². The first-order chi connectivity index (χ1) is 18.1. The summed E-state index contributed by atoms with van der Waals surface area (Å²) >= 11 is 6.35. The third kappa shape index (κ3) is 4.56. The van der Waals surface area contributed by atoms with Crippen molar-refractivity contribution in [2.45, 2.75) is 13.1 Å². The number of nitrogens with zero attached hydrogens (tertiary/aromatic N) is 6. The summed E-state index contributed by atoms with van der Waals surface area (Å²) in [6.45, 7) is -0.943. The summed E-state index contributed by atoms with van der Waals surface area (Å²) in [6.07, 6.45) is 1.38. The van der Waals surface area contributed by atoms with Crippen LogP contribution in [0, 0.1) is 17.5 Å². The van der Waals surface area contributed by atoms with Crippen molar-refractivity contribution in [1.29, 1.82) is 0 Å². The molecule has 5 rings (SSSR count). The lowest BCUT2D eigenvalue weighted by atomic mass is 10.2. The van der Waals surface area contributed by atoms with Crippen LogP contribution in [0.5, 0.6) is 0 Å². The van der Waals surface area contributed by atoms with Crippen molar-refractivity contribution in [1.82, 2.24) is 34.1 Å². The molecule has 0 unspecified atom stereocenters. The lowest BCUT2D eigenvalue weighted by Crippen LogP contribution is -2.43. The highest BCUT2D eigenvalue weighted by atomic mass is 35.5. The van der Waals surface area contributed by atoms with Crippen LogP contribution in [0.3, 0.4) is 0 Å². The predicted molar refractivity (Wildman–Crippen MR) is 131 cm³/mol. The van der Waals surface area contributed by atoms with Gasteiger partial charge in [0.2, 0.25) is 5.95 Å². The van der Waals surface area contributed by atoms with E-state index in [1.807, 2.05) is 0 Å². The fraction of sp³-hybridized carbons (Fsp3) is 0.130.